The number of rotatable bonds is 3. The van der Waals surface area contributed by atoms with Gasteiger partial charge in [-0.15, -0.1) is 0 Å². The molecule has 106 valence electrons. The van der Waals surface area contributed by atoms with E-state index in [2.05, 4.69) is 38.1 Å². The summed E-state index contributed by atoms with van der Waals surface area (Å²) in [4.78, 5) is 0. The van der Waals surface area contributed by atoms with Crippen LogP contribution in [0.5, 0.6) is 0 Å². The van der Waals surface area contributed by atoms with Gasteiger partial charge in [-0.1, -0.05) is 0 Å². The van der Waals surface area contributed by atoms with Crippen LogP contribution in [-0.4, -0.2) is 54.6 Å². The topological polar surface area (TPSA) is 59.8 Å². The molecule has 0 radical (unpaired) electrons. The molecular formula is C13H27N3O2. The van der Waals surface area contributed by atoms with Crippen LogP contribution in [0, 0.1) is 0 Å². The lowest BCUT2D eigenvalue weighted by atomic mass is 9.79. The number of morpholine rings is 1. The first-order valence-electron chi connectivity index (χ1n) is 6.81. The van der Waals surface area contributed by atoms with E-state index in [1.807, 2.05) is 0 Å². The Morgan fingerprint density at radius 3 is 2.22 bits per heavy atom. The van der Waals surface area contributed by atoms with E-state index >= 15 is 0 Å². The number of ether oxygens (including phenoxy) is 2. The summed E-state index contributed by atoms with van der Waals surface area (Å²) in [5, 5.41) is 2.23. The monoisotopic (exact) mass is 257 g/mol. The Bertz CT molecular complexity index is 301. The van der Waals surface area contributed by atoms with Gasteiger partial charge in [-0.05, 0) is 34.1 Å². The van der Waals surface area contributed by atoms with Gasteiger partial charge >= 0.3 is 0 Å². The predicted molar refractivity (Wildman–Crippen MR) is 71.2 cm³/mol. The van der Waals surface area contributed by atoms with Crippen molar-refractivity contribution in [2.45, 2.75) is 50.9 Å². The third-order valence-corrected chi connectivity index (χ3v) is 4.14. The number of nitrogens with zero attached hydrogens (tertiary/aromatic N) is 1. The van der Waals surface area contributed by atoms with Crippen molar-refractivity contribution in [2.24, 2.45) is 5.73 Å². The Labute approximate surface area is 110 Å². The number of hydrazine groups is 1. The van der Waals surface area contributed by atoms with Crippen LogP contribution in [-0.2, 0) is 9.47 Å². The molecule has 2 saturated heterocycles. The SMILES string of the molecule is CC1(C)CC(CN)(NN2CCOCC2)C(C)(C)O1. The summed E-state index contributed by atoms with van der Waals surface area (Å²) in [6.45, 7) is 12.4. The maximum absolute atomic E-state index is 6.18. The minimum absolute atomic E-state index is 0.137. The van der Waals surface area contributed by atoms with Crippen molar-refractivity contribution in [3.63, 3.8) is 0 Å². The maximum atomic E-state index is 6.18. The van der Waals surface area contributed by atoms with Gasteiger partial charge in [-0.2, -0.15) is 0 Å². The zero-order valence-corrected chi connectivity index (χ0v) is 12.1. The molecule has 2 aliphatic rings. The minimum Gasteiger partial charge on any atom is -0.379 e. The van der Waals surface area contributed by atoms with Crippen LogP contribution in [0.3, 0.4) is 0 Å². The molecule has 0 amide bonds. The molecule has 2 rings (SSSR count). The second-order valence-electron chi connectivity index (χ2n) is 6.55. The summed E-state index contributed by atoms with van der Waals surface area (Å²) < 4.78 is 11.6. The van der Waals surface area contributed by atoms with Crippen LogP contribution >= 0.6 is 0 Å². The van der Waals surface area contributed by atoms with Gasteiger partial charge in [0.25, 0.3) is 0 Å². The molecule has 18 heavy (non-hydrogen) atoms. The van der Waals surface area contributed by atoms with Crippen molar-refractivity contribution in [3.05, 3.63) is 0 Å². The normalized spacial score (nSPS) is 35.8. The molecule has 0 saturated carbocycles. The van der Waals surface area contributed by atoms with Crippen molar-refractivity contribution in [3.8, 4) is 0 Å². The Hall–Kier alpha value is -0.200. The van der Waals surface area contributed by atoms with Gasteiger partial charge in [0.2, 0.25) is 0 Å². The molecule has 5 heteroatoms. The highest BCUT2D eigenvalue weighted by Crippen LogP contribution is 2.44. The largest absolute Gasteiger partial charge is 0.379 e. The Balaban J connectivity index is 2.14. The second kappa shape index (κ2) is 4.72. The van der Waals surface area contributed by atoms with E-state index in [0.717, 1.165) is 32.7 Å². The van der Waals surface area contributed by atoms with Gasteiger partial charge in [-0.3, -0.25) is 0 Å². The van der Waals surface area contributed by atoms with Gasteiger partial charge in [0.1, 0.15) is 0 Å². The molecule has 2 fully saturated rings. The Kier molecular flexibility index (Phi) is 3.73. The molecule has 1 atom stereocenters. The lowest BCUT2D eigenvalue weighted by Crippen LogP contribution is -2.67. The molecule has 0 spiro atoms. The fraction of sp³-hybridized carbons (Fsp3) is 1.00. The highest BCUT2D eigenvalue weighted by molar-refractivity contribution is 5.11. The van der Waals surface area contributed by atoms with Crippen LogP contribution < -0.4 is 11.2 Å². The zero-order valence-electron chi connectivity index (χ0n) is 12.1. The lowest BCUT2D eigenvalue weighted by molar-refractivity contribution is -0.0984. The van der Waals surface area contributed by atoms with Crippen molar-refractivity contribution in [1.82, 2.24) is 10.4 Å². The molecule has 2 aliphatic heterocycles. The van der Waals surface area contributed by atoms with Gasteiger partial charge in [0.05, 0.1) is 30.0 Å². The summed E-state index contributed by atoms with van der Waals surface area (Å²) in [7, 11) is 0. The van der Waals surface area contributed by atoms with Crippen LogP contribution in [0.1, 0.15) is 34.1 Å². The second-order valence-corrected chi connectivity index (χ2v) is 6.55. The number of hydrogen-bond donors (Lipinski definition) is 2. The highest BCUT2D eigenvalue weighted by Gasteiger charge is 2.57. The van der Waals surface area contributed by atoms with Crippen LogP contribution in [0.2, 0.25) is 0 Å². The number of nitrogens with one attached hydrogen (secondary N) is 1. The fourth-order valence-corrected chi connectivity index (χ4v) is 3.28. The summed E-state index contributed by atoms with van der Waals surface area (Å²) >= 11 is 0. The van der Waals surface area contributed by atoms with Crippen molar-refractivity contribution in [1.29, 1.82) is 0 Å². The van der Waals surface area contributed by atoms with Gasteiger partial charge < -0.3 is 15.2 Å². The first kappa shape index (κ1) is 14.2. The van der Waals surface area contributed by atoms with Crippen LogP contribution in [0.15, 0.2) is 0 Å². The molecule has 0 bridgehead atoms. The van der Waals surface area contributed by atoms with E-state index in [9.17, 15) is 0 Å². The lowest BCUT2D eigenvalue weighted by Gasteiger charge is -2.44. The Morgan fingerprint density at radius 2 is 1.78 bits per heavy atom. The fourth-order valence-electron chi connectivity index (χ4n) is 3.28. The highest BCUT2D eigenvalue weighted by atomic mass is 16.5. The third kappa shape index (κ3) is 2.56. The van der Waals surface area contributed by atoms with E-state index in [1.54, 1.807) is 0 Å². The standard InChI is InChI=1S/C13H27N3O2/c1-11(2)9-13(10-14,12(3,4)18-11)15-16-5-7-17-8-6-16/h15H,5-10,14H2,1-4H3. The molecule has 5 nitrogen and oxygen atoms in total. The van der Waals surface area contributed by atoms with Crippen LogP contribution in [0.4, 0.5) is 0 Å². The molecule has 0 aromatic rings. The first-order valence-corrected chi connectivity index (χ1v) is 6.81. The van der Waals surface area contributed by atoms with Crippen molar-refractivity contribution >= 4 is 0 Å². The van der Waals surface area contributed by atoms with Crippen molar-refractivity contribution < 1.29 is 9.47 Å². The molecule has 0 aromatic heterocycles. The van der Waals surface area contributed by atoms with Gasteiger partial charge in [-0.25, -0.2) is 10.4 Å². The third-order valence-electron chi connectivity index (χ3n) is 4.14. The molecule has 3 N–H and O–H groups in total. The van der Waals surface area contributed by atoms with E-state index in [0.29, 0.717) is 6.54 Å². The summed E-state index contributed by atoms with van der Waals surface area (Å²) in [5.74, 6) is 0. The molecule has 0 aliphatic carbocycles. The van der Waals surface area contributed by atoms with E-state index in [-0.39, 0.29) is 16.7 Å². The molecule has 0 aromatic carbocycles. The van der Waals surface area contributed by atoms with E-state index < -0.39 is 0 Å². The number of hydrogen-bond acceptors (Lipinski definition) is 5. The smallest absolute Gasteiger partial charge is 0.0841 e. The maximum Gasteiger partial charge on any atom is 0.0841 e. The van der Waals surface area contributed by atoms with Crippen molar-refractivity contribution in [2.75, 3.05) is 32.8 Å². The Morgan fingerprint density at radius 1 is 1.17 bits per heavy atom. The molecule has 1 unspecified atom stereocenters. The van der Waals surface area contributed by atoms with Gasteiger partial charge in [0.15, 0.2) is 0 Å². The zero-order chi connectivity index (χ0) is 13.4. The number of nitrogens with two attached hydrogens (primary N) is 1. The summed E-state index contributed by atoms with van der Waals surface area (Å²) in [6.07, 6.45) is 0.918. The predicted octanol–water partition coefficient (Wildman–Crippen LogP) is 0.498. The quantitative estimate of drug-likeness (QED) is 0.771. The minimum atomic E-state index is -0.274. The first-order chi connectivity index (χ1) is 8.30. The van der Waals surface area contributed by atoms with E-state index in [1.165, 1.54) is 0 Å². The van der Waals surface area contributed by atoms with Crippen LogP contribution in [0.25, 0.3) is 0 Å². The summed E-state index contributed by atoms with van der Waals surface area (Å²) in [6, 6.07) is 0. The average Bonchev–Trinajstić information content (AvgIpc) is 2.45. The van der Waals surface area contributed by atoms with Gasteiger partial charge in [0, 0.05) is 19.6 Å². The molecule has 2 heterocycles. The summed E-state index contributed by atoms with van der Waals surface area (Å²) in [5.41, 5.74) is 9.10. The van der Waals surface area contributed by atoms with E-state index in [4.69, 9.17) is 15.2 Å². The average molecular weight is 257 g/mol. The molecular weight excluding hydrogens is 230 g/mol.